The summed E-state index contributed by atoms with van der Waals surface area (Å²) in [6.07, 6.45) is 0. The third-order valence-electron chi connectivity index (χ3n) is 11.0. The Morgan fingerprint density at radius 3 is 2.12 bits per heavy atom. The van der Waals surface area contributed by atoms with E-state index in [2.05, 4.69) is 169 Å². The zero-order chi connectivity index (χ0) is 33.8. The summed E-state index contributed by atoms with van der Waals surface area (Å²) in [5.41, 5.74) is 11.7. The standard InChI is InChI=1S/C46H31N3OSi/c1-51(2)39-23-12-10-18-30(39)31-24-25-34-42(28-14-5-3-6-15-28)47-46(48-43(34)45(31)51)35-21-13-20-33-41-38(50-44(33)35)27-26-37-40(41)32-19-9-11-22-36(32)49(37)29-16-7-4-8-17-29/h3-27H,1-2H3. The van der Waals surface area contributed by atoms with Gasteiger partial charge in [0, 0.05) is 38.2 Å². The minimum atomic E-state index is -2.07. The molecule has 0 atom stereocenters. The van der Waals surface area contributed by atoms with E-state index in [9.17, 15) is 0 Å². The largest absolute Gasteiger partial charge is 0.455 e. The van der Waals surface area contributed by atoms with Gasteiger partial charge < -0.3 is 8.98 Å². The van der Waals surface area contributed by atoms with Gasteiger partial charge in [0.25, 0.3) is 0 Å². The fraction of sp³-hybridized carbons (Fsp3) is 0.0435. The molecule has 3 aromatic heterocycles. The second-order valence-corrected chi connectivity index (χ2v) is 18.4. The third kappa shape index (κ3) is 3.89. The topological polar surface area (TPSA) is 43.9 Å². The molecule has 0 N–H and O–H groups in total. The van der Waals surface area contributed by atoms with Crippen LogP contribution in [0.25, 0.3) is 94.1 Å². The van der Waals surface area contributed by atoms with E-state index in [0.717, 1.165) is 60.9 Å². The number of benzene rings is 7. The van der Waals surface area contributed by atoms with E-state index in [1.54, 1.807) is 0 Å². The molecule has 4 nitrogen and oxygen atoms in total. The molecule has 0 saturated carbocycles. The van der Waals surface area contributed by atoms with Crippen molar-refractivity contribution < 1.29 is 4.42 Å². The van der Waals surface area contributed by atoms with Crippen molar-refractivity contribution >= 4 is 73.1 Å². The van der Waals surface area contributed by atoms with Crippen LogP contribution in [0.15, 0.2) is 156 Å². The second kappa shape index (κ2) is 10.4. The number of furan rings is 1. The molecule has 4 heterocycles. The van der Waals surface area contributed by atoms with Gasteiger partial charge in [-0.1, -0.05) is 128 Å². The van der Waals surface area contributed by atoms with Gasteiger partial charge in [-0.25, -0.2) is 9.97 Å². The maximum Gasteiger partial charge on any atom is 0.164 e. The summed E-state index contributed by atoms with van der Waals surface area (Å²) in [4.78, 5) is 10.9. The predicted molar refractivity (Wildman–Crippen MR) is 214 cm³/mol. The van der Waals surface area contributed by atoms with Crippen LogP contribution in [0.4, 0.5) is 0 Å². The lowest BCUT2D eigenvalue weighted by Gasteiger charge is -2.21. The van der Waals surface area contributed by atoms with E-state index in [1.807, 2.05) is 0 Å². The number of hydrogen-bond donors (Lipinski definition) is 0. The molecule has 0 unspecified atom stereocenters. The molecule has 240 valence electrons. The van der Waals surface area contributed by atoms with Crippen LogP contribution in [0.3, 0.4) is 0 Å². The summed E-state index contributed by atoms with van der Waals surface area (Å²) >= 11 is 0. The third-order valence-corrected chi connectivity index (χ3v) is 14.5. The maximum absolute atomic E-state index is 6.87. The molecule has 0 bridgehead atoms. The Kier molecular flexibility index (Phi) is 5.79. The Hall–Kier alpha value is -6.30. The van der Waals surface area contributed by atoms with Crippen LogP contribution in [-0.4, -0.2) is 22.6 Å². The van der Waals surface area contributed by atoms with Gasteiger partial charge in [0.05, 0.1) is 27.8 Å². The molecule has 51 heavy (non-hydrogen) atoms. The summed E-state index contributed by atoms with van der Waals surface area (Å²) in [6.45, 7) is 4.91. The molecule has 0 saturated heterocycles. The number of aromatic nitrogens is 3. The summed E-state index contributed by atoms with van der Waals surface area (Å²) in [6, 6.07) is 54.0. The quantitative estimate of drug-likeness (QED) is 0.176. The summed E-state index contributed by atoms with van der Waals surface area (Å²) < 4.78 is 9.23. The van der Waals surface area contributed by atoms with Crippen LogP contribution < -0.4 is 10.4 Å². The van der Waals surface area contributed by atoms with Crippen LogP contribution in [0.1, 0.15) is 0 Å². The highest BCUT2D eigenvalue weighted by atomic mass is 28.3. The number of nitrogens with zero attached hydrogens (tertiary/aromatic N) is 3. The Balaban J connectivity index is 1.23. The predicted octanol–water partition coefficient (Wildman–Crippen LogP) is 10.8. The van der Waals surface area contributed by atoms with Gasteiger partial charge in [-0.2, -0.15) is 0 Å². The van der Waals surface area contributed by atoms with Crippen LogP contribution in [0, 0.1) is 0 Å². The zero-order valence-electron chi connectivity index (χ0n) is 28.2. The molecular weight excluding hydrogens is 639 g/mol. The van der Waals surface area contributed by atoms with Gasteiger partial charge in [-0.05, 0) is 57.9 Å². The molecule has 0 aliphatic carbocycles. The lowest BCUT2D eigenvalue weighted by Crippen LogP contribution is -2.49. The molecule has 1 aliphatic heterocycles. The van der Waals surface area contributed by atoms with Gasteiger partial charge >= 0.3 is 0 Å². The van der Waals surface area contributed by atoms with Gasteiger partial charge in [0.1, 0.15) is 19.2 Å². The van der Waals surface area contributed by atoms with Crippen molar-refractivity contribution in [1.82, 2.24) is 14.5 Å². The van der Waals surface area contributed by atoms with Crippen molar-refractivity contribution in [3.05, 3.63) is 152 Å². The first-order valence-corrected chi connectivity index (χ1v) is 20.5. The summed E-state index contributed by atoms with van der Waals surface area (Å²) in [7, 11) is -2.07. The smallest absolute Gasteiger partial charge is 0.164 e. The van der Waals surface area contributed by atoms with E-state index in [0.29, 0.717) is 5.82 Å². The van der Waals surface area contributed by atoms with E-state index < -0.39 is 8.07 Å². The monoisotopic (exact) mass is 669 g/mol. The second-order valence-electron chi connectivity index (χ2n) is 14.1. The first kappa shape index (κ1) is 28.5. The van der Waals surface area contributed by atoms with Gasteiger partial charge in [0.2, 0.25) is 0 Å². The lowest BCUT2D eigenvalue weighted by molar-refractivity contribution is 0.670. The fourth-order valence-electron chi connectivity index (χ4n) is 8.77. The van der Waals surface area contributed by atoms with Crippen molar-refractivity contribution in [2.45, 2.75) is 13.1 Å². The van der Waals surface area contributed by atoms with Gasteiger partial charge in [-0.3, -0.25) is 0 Å². The fourth-order valence-corrected chi connectivity index (χ4v) is 12.1. The summed E-state index contributed by atoms with van der Waals surface area (Å²) in [5.74, 6) is 0.683. The Labute approximate surface area is 295 Å². The van der Waals surface area contributed by atoms with E-state index in [1.165, 1.54) is 37.8 Å². The van der Waals surface area contributed by atoms with Crippen molar-refractivity contribution in [2.75, 3.05) is 0 Å². The molecule has 5 heteroatoms. The SMILES string of the molecule is C[Si]1(C)c2ccccc2-c2ccc3c(-c4ccccc4)nc(-c4cccc5c4oc4ccc6c(c7ccccc7n6-c6ccccc6)c45)nc3c21. The average Bonchev–Trinajstić information content (AvgIpc) is 3.80. The highest BCUT2D eigenvalue weighted by Gasteiger charge is 2.39. The molecule has 1 aliphatic rings. The molecule has 0 amide bonds. The molecular formula is C46H31N3OSi. The normalized spacial score (nSPS) is 13.5. The number of hydrogen-bond acceptors (Lipinski definition) is 3. The van der Waals surface area contributed by atoms with E-state index >= 15 is 0 Å². The first-order chi connectivity index (χ1) is 25.1. The van der Waals surface area contributed by atoms with Crippen molar-refractivity contribution in [3.8, 4) is 39.5 Å². The van der Waals surface area contributed by atoms with Crippen molar-refractivity contribution in [2.24, 2.45) is 0 Å². The van der Waals surface area contributed by atoms with Crippen LogP contribution in [0.5, 0.6) is 0 Å². The Bertz CT molecular complexity index is 3050. The minimum Gasteiger partial charge on any atom is -0.455 e. The molecule has 10 aromatic rings. The highest BCUT2D eigenvalue weighted by Crippen LogP contribution is 2.44. The van der Waals surface area contributed by atoms with Crippen LogP contribution in [0.2, 0.25) is 13.1 Å². The Morgan fingerprint density at radius 2 is 1.25 bits per heavy atom. The zero-order valence-corrected chi connectivity index (χ0v) is 29.2. The highest BCUT2D eigenvalue weighted by molar-refractivity contribution is 7.05. The van der Waals surface area contributed by atoms with Crippen molar-refractivity contribution in [3.63, 3.8) is 0 Å². The van der Waals surface area contributed by atoms with E-state index in [-0.39, 0.29) is 0 Å². The first-order valence-electron chi connectivity index (χ1n) is 17.5. The van der Waals surface area contributed by atoms with Crippen LogP contribution in [-0.2, 0) is 0 Å². The average molecular weight is 670 g/mol. The molecule has 11 rings (SSSR count). The molecule has 0 fully saturated rings. The van der Waals surface area contributed by atoms with Gasteiger partial charge in [-0.15, -0.1) is 0 Å². The summed E-state index contributed by atoms with van der Waals surface area (Å²) in [5, 5.41) is 8.51. The minimum absolute atomic E-state index is 0.683. The number of para-hydroxylation sites is 3. The lowest BCUT2D eigenvalue weighted by atomic mass is 10.00. The van der Waals surface area contributed by atoms with Crippen LogP contribution >= 0.6 is 0 Å². The number of rotatable bonds is 3. The van der Waals surface area contributed by atoms with Gasteiger partial charge in [0.15, 0.2) is 5.82 Å². The molecule has 0 spiro atoms. The number of fused-ring (bicyclic) bond motifs is 12. The van der Waals surface area contributed by atoms with E-state index in [4.69, 9.17) is 14.4 Å². The van der Waals surface area contributed by atoms with Crippen molar-refractivity contribution in [1.29, 1.82) is 0 Å². The maximum atomic E-state index is 6.87. The Morgan fingerprint density at radius 1 is 0.529 bits per heavy atom. The molecule has 0 radical (unpaired) electrons. The molecule has 7 aromatic carbocycles.